The quantitative estimate of drug-likeness (QED) is 0.779. The number of H-pyrrole nitrogens is 1. The van der Waals surface area contributed by atoms with E-state index in [1.165, 1.54) is 6.42 Å². The van der Waals surface area contributed by atoms with E-state index in [0.717, 1.165) is 22.9 Å². The van der Waals surface area contributed by atoms with E-state index < -0.39 is 0 Å². The van der Waals surface area contributed by atoms with Gasteiger partial charge in [0.25, 0.3) is 0 Å². The first-order chi connectivity index (χ1) is 6.52. The minimum atomic E-state index is 0.448. The molecule has 0 radical (unpaired) electrons. The van der Waals surface area contributed by atoms with Gasteiger partial charge in [0.2, 0.25) is 0 Å². The van der Waals surface area contributed by atoms with Crippen LogP contribution in [0.5, 0.6) is 0 Å². The fourth-order valence-electron chi connectivity index (χ4n) is 1.61. The highest BCUT2D eigenvalue weighted by atomic mass is 32.1. The number of hydrogen-bond acceptors (Lipinski definition) is 2. The first kappa shape index (κ1) is 11.4. The smallest absolute Gasteiger partial charge is 0.195 e. The van der Waals surface area contributed by atoms with Gasteiger partial charge in [0, 0.05) is 6.04 Å². The third-order valence-electron chi connectivity index (χ3n) is 2.48. The van der Waals surface area contributed by atoms with Gasteiger partial charge in [0.1, 0.15) is 5.82 Å². The number of aromatic amines is 1. The summed E-state index contributed by atoms with van der Waals surface area (Å²) in [6.07, 6.45) is 2.39. The van der Waals surface area contributed by atoms with Crippen LogP contribution in [0.1, 0.15) is 45.5 Å². The predicted octanol–water partition coefficient (Wildman–Crippen LogP) is 3.25. The molecule has 1 rings (SSSR count). The Bertz CT molecular complexity index is 337. The third-order valence-corrected chi connectivity index (χ3v) is 2.77. The molecule has 1 unspecified atom stereocenters. The summed E-state index contributed by atoms with van der Waals surface area (Å²) in [4.78, 5) is 0. The average Bonchev–Trinajstić information content (AvgIpc) is 2.42. The van der Waals surface area contributed by atoms with E-state index in [0.29, 0.717) is 6.04 Å². The van der Waals surface area contributed by atoms with E-state index in [9.17, 15) is 0 Å². The van der Waals surface area contributed by atoms with Gasteiger partial charge in [-0.05, 0) is 44.8 Å². The summed E-state index contributed by atoms with van der Waals surface area (Å²) in [7, 11) is 0. The minimum Gasteiger partial charge on any atom is -0.302 e. The summed E-state index contributed by atoms with van der Waals surface area (Å²) >= 11 is 5.17. The van der Waals surface area contributed by atoms with Crippen LogP contribution in [0, 0.1) is 17.6 Å². The van der Waals surface area contributed by atoms with Gasteiger partial charge in [-0.2, -0.15) is 5.10 Å². The van der Waals surface area contributed by atoms with Gasteiger partial charge >= 0.3 is 0 Å². The van der Waals surface area contributed by atoms with E-state index in [1.807, 2.05) is 6.92 Å². The summed E-state index contributed by atoms with van der Waals surface area (Å²) in [6.45, 7) is 8.67. The van der Waals surface area contributed by atoms with Crippen molar-refractivity contribution in [2.75, 3.05) is 0 Å². The molecule has 0 fully saturated rings. The topological polar surface area (TPSA) is 33.6 Å². The van der Waals surface area contributed by atoms with Gasteiger partial charge in [-0.1, -0.05) is 13.8 Å². The molecule has 1 heterocycles. The number of rotatable bonds is 4. The molecule has 0 aliphatic heterocycles. The van der Waals surface area contributed by atoms with Crippen LogP contribution >= 0.6 is 12.2 Å². The van der Waals surface area contributed by atoms with E-state index >= 15 is 0 Å². The van der Waals surface area contributed by atoms with Crippen molar-refractivity contribution in [3.63, 3.8) is 0 Å². The van der Waals surface area contributed by atoms with Gasteiger partial charge < -0.3 is 4.57 Å². The van der Waals surface area contributed by atoms with Gasteiger partial charge in [0.15, 0.2) is 4.77 Å². The van der Waals surface area contributed by atoms with Crippen LogP contribution in [-0.4, -0.2) is 14.8 Å². The molecule has 80 valence electrons. The Morgan fingerprint density at radius 3 is 2.43 bits per heavy atom. The zero-order valence-electron chi connectivity index (χ0n) is 9.37. The lowest BCUT2D eigenvalue weighted by Crippen LogP contribution is -2.08. The molecular formula is C10H19N3S. The second-order valence-electron chi connectivity index (χ2n) is 4.27. The van der Waals surface area contributed by atoms with Crippen molar-refractivity contribution in [1.29, 1.82) is 0 Å². The maximum absolute atomic E-state index is 5.17. The maximum atomic E-state index is 5.17. The maximum Gasteiger partial charge on any atom is 0.195 e. The fraction of sp³-hybridized carbons (Fsp3) is 0.800. The van der Waals surface area contributed by atoms with Crippen molar-refractivity contribution in [2.45, 2.75) is 46.6 Å². The SMILES string of the molecule is Cc1n[nH]c(=S)n1C(C)CCC(C)C. The van der Waals surface area contributed by atoms with Crippen LogP contribution in [0.3, 0.4) is 0 Å². The van der Waals surface area contributed by atoms with Crippen LogP contribution < -0.4 is 0 Å². The van der Waals surface area contributed by atoms with Crippen LogP contribution in [0.4, 0.5) is 0 Å². The monoisotopic (exact) mass is 213 g/mol. The summed E-state index contributed by atoms with van der Waals surface area (Å²) < 4.78 is 2.83. The number of hydrogen-bond donors (Lipinski definition) is 1. The Labute approximate surface area is 90.5 Å². The van der Waals surface area contributed by atoms with E-state index in [4.69, 9.17) is 12.2 Å². The third kappa shape index (κ3) is 2.67. The van der Waals surface area contributed by atoms with Gasteiger partial charge in [0.05, 0.1) is 0 Å². The Morgan fingerprint density at radius 1 is 1.36 bits per heavy atom. The normalized spacial score (nSPS) is 13.5. The second kappa shape index (κ2) is 4.73. The molecule has 0 aliphatic rings. The number of aromatic nitrogens is 3. The molecule has 1 aromatic rings. The molecule has 4 heteroatoms. The van der Waals surface area contributed by atoms with Crippen molar-refractivity contribution in [1.82, 2.24) is 14.8 Å². The van der Waals surface area contributed by atoms with Crippen molar-refractivity contribution in [2.24, 2.45) is 5.92 Å². The molecule has 0 aromatic carbocycles. The molecule has 0 amide bonds. The van der Waals surface area contributed by atoms with E-state index in [2.05, 4.69) is 35.5 Å². The Hall–Kier alpha value is -0.640. The van der Waals surface area contributed by atoms with Gasteiger partial charge in [-0.15, -0.1) is 0 Å². The van der Waals surface area contributed by atoms with E-state index in [-0.39, 0.29) is 0 Å². The van der Waals surface area contributed by atoms with Crippen molar-refractivity contribution in [3.8, 4) is 0 Å². The first-order valence-corrected chi connectivity index (χ1v) is 5.56. The van der Waals surface area contributed by atoms with Crippen LogP contribution in [0.25, 0.3) is 0 Å². The zero-order chi connectivity index (χ0) is 10.7. The standard InChI is InChI=1S/C10H19N3S/c1-7(2)5-6-8(3)13-9(4)11-12-10(13)14/h7-8H,5-6H2,1-4H3,(H,12,14). The molecule has 3 nitrogen and oxygen atoms in total. The highest BCUT2D eigenvalue weighted by Crippen LogP contribution is 2.18. The van der Waals surface area contributed by atoms with Gasteiger partial charge in [-0.25, -0.2) is 0 Å². The fourth-order valence-corrected chi connectivity index (χ4v) is 1.96. The van der Waals surface area contributed by atoms with Crippen molar-refractivity contribution < 1.29 is 0 Å². The second-order valence-corrected chi connectivity index (χ2v) is 4.65. The predicted molar refractivity (Wildman–Crippen MR) is 60.9 cm³/mol. The molecule has 0 aliphatic carbocycles. The van der Waals surface area contributed by atoms with Gasteiger partial charge in [-0.3, -0.25) is 5.10 Å². The number of nitrogens with one attached hydrogen (secondary N) is 1. The Morgan fingerprint density at radius 2 is 2.00 bits per heavy atom. The average molecular weight is 213 g/mol. The summed E-state index contributed by atoms with van der Waals surface area (Å²) in [5.41, 5.74) is 0. The zero-order valence-corrected chi connectivity index (χ0v) is 10.2. The van der Waals surface area contributed by atoms with Crippen LogP contribution in [0.2, 0.25) is 0 Å². The minimum absolute atomic E-state index is 0.448. The van der Waals surface area contributed by atoms with E-state index in [1.54, 1.807) is 0 Å². The highest BCUT2D eigenvalue weighted by molar-refractivity contribution is 7.71. The molecule has 0 spiro atoms. The molecule has 0 saturated heterocycles. The van der Waals surface area contributed by atoms with Crippen LogP contribution in [0.15, 0.2) is 0 Å². The number of nitrogens with zero attached hydrogens (tertiary/aromatic N) is 2. The lowest BCUT2D eigenvalue weighted by atomic mass is 10.0. The molecule has 14 heavy (non-hydrogen) atoms. The molecule has 1 N–H and O–H groups in total. The first-order valence-electron chi connectivity index (χ1n) is 5.16. The Kier molecular flexibility index (Phi) is 3.86. The molecule has 1 aromatic heterocycles. The highest BCUT2D eigenvalue weighted by Gasteiger charge is 2.09. The summed E-state index contributed by atoms with van der Waals surface area (Å²) in [5, 5.41) is 6.93. The van der Waals surface area contributed by atoms with Crippen LogP contribution in [-0.2, 0) is 0 Å². The molecule has 0 bridgehead atoms. The largest absolute Gasteiger partial charge is 0.302 e. The summed E-state index contributed by atoms with van der Waals surface area (Å²) in [5.74, 6) is 1.73. The molecule has 1 atom stereocenters. The lowest BCUT2D eigenvalue weighted by molar-refractivity contribution is 0.430. The molecular weight excluding hydrogens is 194 g/mol. The Balaban J connectivity index is 2.69. The lowest BCUT2D eigenvalue weighted by Gasteiger charge is -2.15. The molecule has 0 saturated carbocycles. The number of aryl methyl sites for hydroxylation is 1. The van der Waals surface area contributed by atoms with Crippen molar-refractivity contribution in [3.05, 3.63) is 10.6 Å². The summed E-state index contributed by atoms with van der Waals surface area (Å²) in [6, 6.07) is 0.448. The van der Waals surface area contributed by atoms with Crippen molar-refractivity contribution >= 4 is 12.2 Å².